The van der Waals surface area contributed by atoms with Gasteiger partial charge in [-0.2, -0.15) is 5.26 Å². The Bertz CT molecular complexity index is 641. The third-order valence-corrected chi connectivity index (χ3v) is 4.85. The lowest BCUT2D eigenvalue weighted by Gasteiger charge is -2.24. The third kappa shape index (κ3) is 4.29. The standard InChI is InChI=1S/C20H29N3O/c1-4-10-23-16(2)13-18(17(23)3)14-19(15-21)20(24)22-11-8-6-5-7-9-12-22/h13-14H,4-12H2,1-3H3. The minimum Gasteiger partial charge on any atom is -0.349 e. The summed E-state index contributed by atoms with van der Waals surface area (Å²) in [6.07, 6.45) is 8.52. The quantitative estimate of drug-likeness (QED) is 0.614. The molecule has 0 aromatic carbocycles. The molecule has 1 aliphatic heterocycles. The van der Waals surface area contributed by atoms with E-state index in [-0.39, 0.29) is 11.5 Å². The number of hydrogen-bond donors (Lipinski definition) is 0. The van der Waals surface area contributed by atoms with Crippen molar-refractivity contribution in [1.29, 1.82) is 5.26 Å². The molecule has 4 heteroatoms. The summed E-state index contributed by atoms with van der Waals surface area (Å²) >= 11 is 0. The molecule has 2 heterocycles. The van der Waals surface area contributed by atoms with E-state index in [0.29, 0.717) is 0 Å². The molecule has 1 fully saturated rings. The molecular weight excluding hydrogens is 298 g/mol. The van der Waals surface area contributed by atoms with Gasteiger partial charge in [-0.05, 0) is 50.8 Å². The lowest BCUT2D eigenvalue weighted by atomic mass is 10.1. The molecule has 4 nitrogen and oxygen atoms in total. The number of amides is 1. The Morgan fingerprint density at radius 2 is 1.83 bits per heavy atom. The Labute approximate surface area is 145 Å². The molecular formula is C20H29N3O. The molecule has 0 N–H and O–H groups in total. The molecule has 1 aromatic rings. The van der Waals surface area contributed by atoms with E-state index in [2.05, 4.69) is 37.5 Å². The molecule has 0 bridgehead atoms. The molecule has 130 valence electrons. The van der Waals surface area contributed by atoms with Gasteiger partial charge < -0.3 is 9.47 Å². The first kappa shape index (κ1) is 18.3. The molecule has 0 atom stereocenters. The van der Waals surface area contributed by atoms with Crippen molar-refractivity contribution >= 4 is 12.0 Å². The Morgan fingerprint density at radius 3 is 2.42 bits per heavy atom. The molecule has 0 saturated carbocycles. The van der Waals surface area contributed by atoms with Crippen LogP contribution in [0.25, 0.3) is 6.08 Å². The molecule has 1 aromatic heterocycles. The average molecular weight is 327 g/mol. The lowest BCUT2D eigenvalue weighted by Crippen LogP contribution is -2.34. The van der Waals surface area contributed by atoms with Gasteiger partial charge in [-0.15, -0.1) is 0 Å². The Morgan fingerprint density at radius 1 is 1.21 bits per heavy atom. The van der Waals surface area contributed by atoms with Crippen LogP contribution in [-0.2, 0) is 11.3 Å². The van der Waals surface area contributed by atoms with E-state index in [9.17, 15) is 10.1 Å². The van der Waals surface area contributed by atoms with Crippen LogP contribution in [0.4, 0.5) is 0 Å². The fourth-order valence-electron chi connectivity index (χ4n) is 3.46. The fourth-order valence-corrected chi connectivity index (χ4v) is 3.46. The van der Waals surface area contributed by atoms with Crippen LogP contribution in [0.3, 0.4) is 0 Å². The van der Waals surface area contributed by atoms with Crippen LogP contribution in [0.1, 0.15) is 62.4 Å². The molecule has 2 rings (SSSR count). The second-order valence-corrected chi connectivity index (χ2v) is 6.71. The van der Waals surface area contributed by atoms with Crippen molar-refractivity contribution in [2.24, 2.45) is 0 Å². The van der Waals surface area contributed by atoms with Crippen molar-refractivity contribution in [3.63, 3.8) is 0 Å². The van der Waals surface area contributed by atoms with Crippen molar-refractivity contribution in [2.45, 2.75) is 65.8 Å². The zero-order valence-electron chi connectivity index (χ0n) is 15.3. The van der Waals surface area contributed by atoms with Gasteiger partial charge in [0.1, 0.15) is 11.6 Å². The van der Waals surface area contributed by atoms with Crippen LogP contribution in [0.15, 0.2) is 11.6 Å². The highest BCUT2D eigenvalue weighted by Crippen LogP contribution is 2.20. The normalized spacial score (nSPS) is 16.4. The average Bonchev–Trinajstić information content (AvgIpc) is 2.79. The SMILES string of the molecule is CCCn1c(C)cc(C=C(C#N)C(=O)N2CCCCCCC2)c1C. The number of nitrogens with zero attached hydrogens (tertiary/aromatic N) is 3. The summed E-state index contributed by atoms with van der Waals surface area (Å²) < 4.78 is 2.25. The number of hydrogen-bond acceptors (Lipinski definition) is 2. The van der Waals surface area contributed by atoms with Crippen LogP contribution in [0.2, 0.25) is 0 Å². The lowest BCUT2D eigenvalue weighted by molar-refractivity contribution is -0.127. The van der Waals surface area contributed by atoms with Crippen molar-refractivity contribution < 1.29 is 4.79 Å². The topological polar surface area (TPSA) is 49.0 Å². The van der Waals surface area contributed by atoms with E-state index in [1.54, 1.807) is 6.08 Å². The highest BCUT2D eigenvalue weighted by atomic mass is 16.2. The molecule has 1 aliphatic rings. The van der Waals surface area contributed by atoms with Gasteiger partial charge in [0, 0.05) is 31.0 Å². The van der Waals surface area contributed by atoms with E-state index in [4.69, 9.17) is 0 Å². The van der Waals surface area contributed by atoms with E-state index in [0.717, 1.165) is 50.2 Å². The van der Waals surface area contributed by atoms with Crippen LogP contribution in [0, 0.1) is 25.2 Å². The summed E-state index contributed by atoms with van der Waals surface area (Å²) in [5.41, 5.74) is 3.55. The van der Waals surface area contributed by atoms with Gasteiger partial charge >= 0.3 is 0 Å². The van der Waals surface area contributed by atoms with Gasteiger partial charge in [0.15, 0.2) is 0 Å². The number of carbonyl (C=O) groups excluding carboxylic acids is 1. The summed E-state index contributed by atoms with van der Waals surface area (Å²) in [5.74, 6) is -0.111. The summed E-state index contributed by atoms with van der Waals surface area (Å²) in [6.45, 7) is 8.80. The van der Waals surface area contributed by atoms with E-state index in [1.165, 1.54) is 25.0 Å². The number of aryl methyl sites for hydroxylation is 1. The minimum absolute atomic E-state index is 0.111. The van der Waals surface area contributed by atoms with E-state index < -0.39 is 0 Å². The maximum atomic E-state index is 12.8. The summed E-state index contributed by atoms with van der Waals surface area (Å²) in [4.78, 5) is 14.6. The number of rotatable bonds is 4. The van der Waals surface area contributed by atoms with Crippen LogP contribution in [0.5, 0.6) is 0 Å². The molecule has 0 aliphatic carbocycles. The maximum absolute atomic E-state index is 12.8. The third-order valence-electron chi connectivity index (χ3n) is 4.85. The molecule has 0 spiro atoms. The van der Waals surface area contributed by atoms with Crippen LogP contribution < -0.4 is 0 Å². The van der Waals surface area contributed by atoms with Crippen molar-refractivity contribution in [1.82, 2.24) is 9.47 Å². The largest absolute Gasteiger partial charge is 0.349 e. The number of likely N-dealkylation sites (tertiary alicyclic amines) is 1. The Kier molecular flexibility index (Phi) is 6.66. The van der Waals surface area contributed by atoms with Crippen LogP contribution in [-0.4, -0.2) is 28.5 Å². The van der Waals surface area contributed by atoms with Gasteiger partial charge in [-0.1, -0.05) is 26.2 Å². The fraction of sp³-hybridized carbons (Fsp3) is 0.600. The molecule has 24 heavy (non-hydrogen) atoms. The number of aromatic nitrogens is 1. The van der Waals surface area contributed by atoms with Gasteiger partial charge in [0.2, 0.25) is 0 Å². The van der Waals surface area contributed by atoms with Gasteiger partial charge in [0.05, 0.1) is 0 Å². The summed E-state index contributed by atoms with van der Waals surface area (Å²) in [6, 6.07) is 4.20. The Balaban J connectivity index is 2.23. The second kappa shape index (κ2) is 8.73. The first-order valence-corrected chi connectivity index (χ1v) is 9.16. The number of nitriles is 1. The van der Waals surface area contributed by atoms with E-state index >= 15 is 0 Å². The van der Waals surface area contributed by atoms with Crippen molar-refractivity contribution in [2.75, 3.05) is 13.1 Å². The predicted molar refractivity (Wildman–Crippen MR) is 97.5 cm³/mol. The monoisotopic (exact) mass is 327 g/mol. The summed E-state index contributed by atoms with van der Waals surface area (Å²) in [7, 11) is 0. The van der Waals surface area contributed by atoms with Gasteiger partial charge in [-0.25, -0.2) is 0 Å². The minimum atomic E-state index is -0.111. The molecule has 1 amide bonds. The van der Waals surface area contributed by atoms with Gasteiger partial charge in [0.25, 0.3) is 5.91 Å². The number of carbonyl (C=O) groups is 1. The van der Waals surface area contributed by atoms with E-state index in [1.807, 2.05) is 4.90 Å². The molecule has 0 radical (unpaired) electrons. The molecule has 1 saturated heterocycles. The Hall–Kier alpha value is -2.02. The zero-order chi connectivity index (χ0) is 17.5. The first-order chi connectivity index (χ1) is 11.6. The van der Waals surface area contributed by atoms with Gasteiger partial charge in [-0.3, -0.25) is 4.79 Å². The highest BCUT2D eigenvalue weighted by Gasteiger charge is 2.19. The van der Waals surface area contributed by atoms with Crippen molar-refractivity contribution in [3.05, 3.63) is 28.6 Å². The first-order valence-electron chi connectivity index (χ1n) is 9.16. The van der Waals surface area contributed by atoms with Crippen molar-refractivity contribution in [3.8, 4) is 6.07 Å². The molecule has 0 unspecified atom stereocenters. The van der Waals surface area contributed by atoms with Crippen LogP contribution >= 0.6 is 0 Å². The second-order valence-electron chi connectivity index (χ2n) is 6.71. The maximum Gasteiger partial charge on any atom is 0.264 e. The predicted octanol–water partition coefficient (Wildman–Crippen LogP) is 4.21. The smallest absolute Gasteiger partial charge is 0.264 e. The summed E-state index contributed by atoms with van der Waals surface area (Å²) in [5, 5.41) is 9.51. The highest BCUT2D eigenvalue weighted by molar-refractivity contribution is 6.01. The zero-order valence-corrected chi connectivity index (χ0v) is 15.3.